The highest BCUT2D eigenvalue weighted by atomic mass is 35.6. The number of halogens is 3. The fourth-order valence-electron chi connectivity index (χ4n) is 1.23. The van der Waals surface area contributed by atoms with E-state index >= 15 is 0 Å². The Hall–Kier alpha value is 1.37. The van der Waals surface area contributed by atoms with Gasteiger partial charge in [0.15, 0.2) is 22.9 Å². The standard InChI is InChI=1S/C10H25Cl3NO4PSi2/c1-15-19(16-2,18-21(6,7)8)14-9(10(11,12)13)17-20(3,4)5/h9H,1-8H3. The van der Waals surface area contributed by atoms with E-state index in [1.165, 1.54) is 14.2 Å². The van der Waals surface area contributed by atoms with Crippen LogP contribution in [0.5, 0.6) is 0 Å². The minimum Gasteiger partial charge on any atom is -0.393 e. The van der Waals surface area contributed by atoms with Crippen LogP contribution in [0.4, 0.5) is 0 Å². The van der Waals surface area contributed by atoms with E-state index in [0.717, 1.165) is 0 Å². The molecule has 0 N–H and O–H groups in total. The number of hydrogen-bond donors (Lipinski definition) is 0. The summed E-state index contributed by atoms with van der Waals surface area (Å²) in [7, 11) is -4.05. The van der Waals surface area contributed by atoms with Crippen molar-refractivity contribution in [3.63, 3.8) is 0 Å². The lowest BCUT2D eigenvalue weighted by Crippen LogP contribution is -2.38. The molecule has 0 saturated carbocycles. The average Bonchev–Trinajstić information content (AvgIpc) is 2.22. The van der Waals surface area contributed by atoms with Crippen molar-refractivity contribution in [1.29, 1.82) is 0 Å². The molecule has 0 bridgehead atoms. The largest absolute Gasteiger partial charge is 0.393 e. The molecule has 1 atom stereocenters. The van der Waals surface area contributed by atoms with Crippen molar-refractivity contribution < 1.29 is 17.7 Å². The van der Waals surface area contributed by atoms with Crippen LogP contribution in [0.2, 0.25) is 39.3 Å². The molecule has 0 rings (SSSR count). The van der Waals surface area contributed by atoms with Crippen molar-refractivity contribution in [3.05, 3.63) is 0 Å². The van der Waals surface area contributed by atoms with Crippen LogP contribution in [0.25, 0.3) is 0 Å². The molecule has 21 heavy (non-hydrogen) atoms. The highest BCUT2D eigenvalue weighted by Crippen LogP contribution is 2.56. The van der Waals surface area contributed by atoms with Gasteiger partial charge >= 0.3 is 7.74 Å². The van der Waals surface area contributed by atoms with Crippen LogP contribution in [0.3, 0.4) is 0 Å². The first-order chi connectivity index (χ1) is 9.14. The van der Waals surface area contributed by atoms with Gasteiger partial charge in [0.25, 0.3) is 0 Å². The van der Waals surface area contributed by atoms with Gasteiger partial charge in [-0.1, -0.05) is 34.8 Å². The second-order valence-corrected chi connectivity index (χ2v) is 20.0. The highest BCUT2D eigenvalue weighted by Gasteiger charge is 2.41. The average molecular weight is 417 g/mol. The Bertz CT molecular complexity index is 385. The zero-order valence-electron chi connectivity index (χ0n) is 13.7. The first kappa shape index (κ1) is 22.4. The van der Waals surface area contributed by atoms with E-state index in [-0.39, 0.29) is 0 Å². The predicted molar refractivity (Wildman–Crippen MR) is 96.3 cm³/mol. The molecule has 0 aromatic heterocycles. The van der Waals surface area contributed by atoms with Crippen molar-refractivity contribution >= 4 is 59.2 Å². The first-order valence-electron chi connectivity index (χ1n) is 6.32. The maximum absolute atomic E-state index is 5.99. The third-order valence-corrected chi connectivity index (χ3v) is 7.86. The van der Waals surface area contributed by atoms with E-state index in [1.807, 2.05) is 39.3 Å². The lowest BCUT2D eigenvalue weighted by Gasteiger charge is -2.33. The summed E-state index contributed by atoms with van der Waals surface area (Å²) in [5.74, 6) is 0. The van der Waals surface area contributed by atoms with Gasteiger partial charge in [0.05, 0.1) is 0 Å². The molecule has 11 heteroatoms. The van der Waals surface area contributed by atoms with E-state index < -0.39 is 34.4 Å². The Morgan fingerprint density at radius 3 is 1.57 bits per heavy atom. The van der Waals surface area contributed by atoms with Crippen LogP contribution >= 0.6 is 42.5 Å². The van der Waals surface area contributed by atoms with Crippen molar-refractivity contribution in [1.82, 2.24) is 0 Å². The van der Waals surface area contributed by atoms with E-state index in [9.17, 15) is 0 Å². The molecule has 0 saturated heterocycles. The molecule has 0 aromatic rings. The Morgan fingerprint density at radius 2 is 1.33 bits per heavy atom. The van der Waals surface area contributed by atoms with Gasteiger partial charge in [-0.2, -0.15) is 4.74 Å². The topological polar surface area (TPSA) is 49.3 Å². The maximum Gasteiger partial charge on any atom is 0.347 e. The fraction of sp³-hybridized carbons (Fsp3) is 1.00. The van der Waals surface area contributed by atoms with Crippen molar-refractivity contribution in [3.8, 4) is 0 Å². The summed E-state index contributed by atoms with van der Waals surface area (Å²) in [6.45, 7) is 11.9. The van der Waals surface area contributed by atoms with E-state index in [2.05, 4.69) is 4.74 Å². The zero-order chi connectivity index (χ0) is 17.1. The van der Waals surface area contributed by atoms with Crippen LogP contribution < -0.4 is 0 Å². The van der Waals surface area contributed by atoms with Crippen molar-refractivity contribution in [2.75, 3.05) is 14.2 Å². The number of alkyl halides is 3. The molecule has 128 valence electrons. The molecule has 0 heterocycles. The third-order valence-electron chi connectivity index (χ3n) is 1.84. The molecule has 0 aliphatic heterocycles. The first-order valence-corrected chi connectivity index (χ1v) is 15.8. The van der Waals surface area contributed by atoms with Gasteiger partial charge in [-0.05, 0) is 39.3 Å². The Kier molecular flexibility index (Phi) is 8.49. The van der Waals surface area contributed by atoms with Crippen LogP contribution in [0.15, 0.2) is 4.74 Å². The summed E-state index contributed by atoms with van der Waals surface area (Å²) >= 11 is 18.0. The second-order valence-electron chi connectivity index (χ2n) is 6.28. The summed E-state index contributed by atoms with van der Waals surface area (Å²) in [5.41, 5.74) is 0. The molecule has 0 aromatic carbocycles. The minimum atomic E-state index is -2.99. The molecular weight excluding hydrogens is 392 g/mol. The Morgan fingerprint density at radius 1 is 0.905 bits per heavy atom. The van der Waals surface area contributed by atoms with Gasteiger partial charge in [-0.15, -0.1) is 0 Å². The van der Waals surface area contributed by atoms with Crippen LogP contribution in [0, 0.1) is 0 Å². The molecule has 0 aliphatic rings. The van der Waals surface area contributed by atoms with Gasteiger partial charge in [0.2, 0.25) is 3.79 Å². The summed E-state index contributed by atoms with van der Waals surface area (Å²) in [4.78, 5) is 0. The molecule has 0 spiro atoms. The fourth-order valence-corrected chi connectivity index (χ4v) is 7.30. The van der Waals surface area contributed by atoms with Gasteiger partial charge in [0, 0.05) is 14.2 Å². The van der Waals surface area contributed by atoms with E-state index in [0.29, 0.717) is 0 Å². The summed E-state index contributed by atoms with van der Waals surface area (Å²) < 4.78 is 25.3. The summed E-state index contributed by atoms with van der Waals surface area (Å²) in [5, 5.41) is 0. The number of rotatable bonds is 7. The zero-order valence-corrected chi connectivity index (χ0v) is 18.9. The van der Waals surface area contributed by atoms with Crippen molar-refractivity contribution in [2.24, 2.45) is 4.74 Å². The highest BCUT2D eigenvalue weighted by molar-refractivity contribution is 7.53. The van der Waals surface area contributed by atoms with Crippen LogP contribution in [-0.2, 0) is 17.7 Å². The second kappa shape index (κ2) is 7.97. The van der Waals surface area contributed by atoms with Crippen LogP contribution in [0.1, 0.15) is 0 Å². The molecular formula is C10H25Cl3NO4PSi2. The quantitative estimate of drug-likeness (QED) is 0.307. The third kappa shape index (κ3) is 9.30. The number of hydrogen-bond acceptors (Lipinski definition) is 5. The summed E-state index contributed by atoms with van der Waals surface area (Å²) in [6.07, 6.45) is -1.02. The summed E-state index contributed by atoms with van der Waals surface area (Å²) in [6, 6.07) is 0. The molecule has 1 unspecified atom stereocenters. The van der Waals surface area contributed by atoms with Gasteiger partial charge in [0.1, 0.15) is 0 Å². The van der Waals surface area contributed by atoms with Gasteiger partial charge < -0.3 is 17.7 Å². The molecule has 0 fully saturated rings. The Labute approximate surface area is 145 Å². The SMILES string of the molecule is COP(=NC(O[Si](C)(C)C)C(Cl)(Cl)Cl)(OC)O[Si](C)(C)C. The predicted octanol–water partition coefficient (Wildman–Crippen LogP) is 5.62. The minimum absolute atomic E-state index is 1.02. The molecule has 5 nitrogen and oxygen atoms in total. The molecule has 0 amide bonds. The smallest absolute Gasteiger partial charge is 0.347 e. The normalized spacial score (nSPS) is 16.0. The van der Waals surface area contributed by atoms with Crippen LogP contribution in [-0.4, -0.2) is 40.9 Å². The number of nitrogens with zero attached hydrogens (tertiary/aromatic N) is 1. The Balaban J connectivity index is 5.74. The van der Waals surface area contributed by atoms with Crippen molar-refractivity contribution in [2.45, 2.75) is 49.3 Å². The molecule has 0 aliphatic carbocycles. The van der Waals surface area contributed by atoms with Gasteiger partial charge in [-0.25, -0.2) is 0 Å². The maximum atomic E-state index is 5.99. The molecule has 0 radical (unpaired) electrons. The monoisotopic (exact) mass is 415 g/mol. The lowest BCUT2D eigenvalue weighted by atomic mass is 10.7. The lowest BCUT2D eigenvalue weighted by molar-refractivity contribution is 0.192. The van der Waals surface area contributed by atoms with E-state index in [4.69, 9.17) is 52.5 Å². The van der Waals surface area contributed by atoms with E-state index in [1.54, 1.807) is 0 Å². The van der Waals surface area contributed by atoms with Gasteiger partial charge in [-0.3, -0.25) is 0 Å².